The fraction of sp³-hybridized carbons (Fsp3) is 0.143. The monoisotopic (exact) mass is 546 g/mol. The lowest BCUT2D eigenvalue weighted by Crippen LogP contribution is -2.28. The van der Waals surface area contributed by atoms with Crippen molar-refractivity contribution >= 4 is 56.2 Å². The lowest BCUT2D eigenvalue weighted by molar-refractivity contribution is -0.113. The fourth-order valence-corrected chi connectivity index (χ4v) is 5.00. The Morgan fingerprint density at radius 1 is 1.09 bits per heavy atom. The van der Waals surface area contributed by atoms with Gasteiger partial charge >= 0.3 is 0 Å². The molecule has 1 aliphatic heterocycles. The van der Waals surface area contributed by atoms with E-state index < -0.39 is 0 Å². The molecule has 0 atom stereocenters. The molecule has 0 radical (unpaired) electrons. The van der Waals surface area contributed by atoms with Gasteiger partial charge in [0.2, 0.25) is 0 Å². The summed E-state index contributed by atoms with van der Waals surface area (Å²) in [6.45, 7) is 4.16. The van der Waals surface area contributed by atoms with Crippen LogP contribution in [0.15, 0.2) is 75.0 Å². The Kier molecular flexibility index (Phi) is 7.64. The normalized spacial score (nSPS) is 15.5. The highest BCUT2D eigenvalue weighted by atomic mass is 79.9. The van der Waals surface area contributed by atoms with E-state index in [4.69, 9.17) is 20.9 Å². The lowest BCUT2D eigenvalue weighted by Gasteiger charge is -2.16. The van der Waals surface area contributed by atoms with Gasteiger partial charge in [-0.1, -0.05) is 41.3 Å². The summed E-state index contributed by atoms with van der Waals surface area (Å²) >= 11 is 4.85. The van der Waals surface area contributed by atoms with Crippen LogP contribution in [-0.2, 0) is 4.79 Å². The molecule has 1 heterocycles. The highest BCUT2D eigenvalue weighted by Gasteiger charge is 2.35. The molecule has 0 aromatic heterocycles. The summed E-state index contributed by atoms with van der Waals surface area (Å²) < 4.78 is 11.8. The number of nitrogens with zero attached hydrogens (tertiary/aromatic N) is 2. The van der Waals surface area contributed by atoms with Crippen molar-refractivity contribution in [3.63, 3.8) is 0 Å². The van der Waals surface area contributed by atoms with Gasteiger partial charge in [-0.3, -0.25) is 9.69 Å². The van der Waals surface area contributed by atoms with Gasteiger partial charge in [-0.2, -0.15) is 0 Å². The first kappa shape index (κ1) is 24.6. The van der Waals surface area contributed by atoms with Gasteiger partial charge in [0.25, 0.3) is 5.91 Å². The standard InChI is InChI=1S/C28H23BrN2O3S/c1-5-14-34-26-23(29)15-20(16-24(26)33-4)17-25-27(32)31(22-12-8-19(3)9-13-22)28(35-25)30-21-10-6-18(2)7-11-21/h1,6-13,15-17H,14H2,2-4H3/b25-17-,30-28?. The first-order valence-electron chi connectivity index (χ1n) is 10.8. The highest BCUT2D eigenvalue weighted by Crippen LogP contribution is 2.40. The maximum atomic E-state index is 13.6. The van der Waals surface area contributed by atoms with Crippen LogP contribution in [0.3, 0.4) is 0 Å². The molecule has 176 valence electrons. The van der Waals surface area contributed by atoms with E-state index in [1.807, 2.05) is 80.6 Å². The average Bonchev–Trinajstić information content (AvgIpc) is 3.14. The zero-order chi connectivity index (χ0) is 24.9. The summed E-state index contributed by atoms with van der Waals surface area (Å²) in [6, 6.07) is 19.4. The van der Waals surface area contributed by atoms with Crippen molar-refractivity contribution in [1.29, 1.82) is 0 Å². The molecule has 0 saturated carbocycles. The van der Waals surface area contributed by atoms with Crippen LogP contribution in [0, 0.1) is 26.2 Å². The van der Waals surface area contributed by atoms with Crippen LogP contribution < -0.4 is 14.4 Å². The van der Waals surface area contributed by atoms with E-state index in [-0.39, 0.29) is 12.5 Å². The van der Waals surface area contributed by atoms with Crippen molar-refractivity contribution in [2.24, 2.45) is 4.99 Å². The minimum atomic E-state index is -0.146. The summed E-state index contributed by atoms with van der Waals surface area (Å²) in [6.07, 6.45) is 7.14. The molecular weight excluding hydrogens is 524 g/mol. The quantitative estimate of drug-likeness (QED) is 0.249. The van der Waals surface area contributed by atoms with Gasteiger partial charge in [-0.05, 0) is 89.6 Å². The Morgan fingerprint density at radius 3 is 2.37 bits per heavy atom. The second kappa shape index (κ2) is 10.9. The number of carbonyl (C=O) groups is 1. The SMILES string of the molecule is C#CCOc1c(Br)cc(/C=C2\SC(=Nc3ccc(C)cc3)N(c3ccc(C)cc3)C2=O)cc1OC. The second-order valence-electron chi connectivity index (χ2n) is 7.84. The molecule has 35 heavy (non-hydrogen) atoms. The van der Waals surface area contributed by atoms with Crippen LogP contribution in [0.25, 0.3) is 6.08 Å². The molecule has 0 N–H and O–H groups in total. The number of ether oxygens (including phenoxy) is 2. The molecule has 0 unspecified atom stereocenters. The van der Waals surface area contributed by atoms with Crippen LogP contribution in [0.4, 0.5) is 11.4 Å². The lowest BCUT2D eigenvalue weighted by atomic mass is 10.1. The van der Waals surface area contributed by atoms with Crippen molar-refractivity contribution in [3.05, 3.63) is 86.7 Å². The average molecular weight is 547 g/mol. The van der Waals surface area contributed by atoms with Gasteiger partial charge in [0.15, 0.2) is 16.7 Å². The van der Waals surface area contributed by atoms with E-state index in [2.05, 4.69) is 21.9 Å². The third-order valence-corrected chi connectivity index (χ3v) is 6.76. The Morgan fingerprint density at radius 2 is 1.74 bits per heavy atom. The van der Waals surface area contributed by atoms with Gasteiger partial charge in [-0.25, -0.2) is 4.99 Å². The zero-order valence-electron chi connectivity index (χ0n) is 19.5. The first-order valence-corrected chi connectivity index (χ1v) is 12.4. The third-order valence-electron chi connectivity index (χ3n) is 5.21. The zero-order valence-corrected chi connectivity index (χ0v) is 21.9. The number of rotatable bonds is 6. The molecule has 1 fully saturated rings. The van der Waals surface area contributed by atoms with Crippen LogP contribution in [-0.4, -0.2) is 24.8 Å². The molecule has 4 rings (SSSR count). The van der Waals surface area contributed by atoms with Crippen LogP contribution in [0.2, 0.25) is 0 Å². The van der Waals surface area contributed by atoms with Crippen molar-refractivity contribution in [2.45, 2.75) is 13.8 Å². The number of amidine groups is 1. The van der Waals surface area contributed by atoms with Crippen molar-refractivity contribution in [1.82, 2.24) is 0 Å². The molecule has 0 aliphatic carbocycles. The van der Waals surface area contributed by atoms with E-state index in [9.17, 15) is 4.79 Å². The molecule has 0 spiro atoms. The van der Waals surface area contributed by atoms with Crippen molar-refractivity contribution < 1.29 is 14.3 Å². The summed E-state index contributed by atoms with van der Waals surface area (Å²) in [4.78, 5) is 20.5. The Hall–Kier alpha value is -3.47. The highest BCUT2D eigenvalue weighted by molar-refractivity contribution is 9.10. The molecule has 5 nitrogen and oxygen atoms in total. The minimum absolute atomic E-state index is 0.119. The number of anilines is 1. The molecule has 1 saturated heterocycles. The first-order chi connectivity index (χ1) is 16.9. The summed E-state index contributed by atoms with van der Waals surface area (Å²) in [5.74, 6) is 3.33. The maximum absolute atomic E-state index is 13.6. The predicted molar refractivity (Wildman–Crippen MR) is 148 cm³/mol. The number of terminal acetylenes is 1. The van der Waals surface area contributed by atoms with Gasteiger partial charge in [0.1, 0.15) is 6.61 Å². The number of aliphatic imine (C=N–C) groups is 1. The van der Waals surface area contributed by atoms with Crippen LogP contribution >= 0.6 is 27.7 Å². The minimum Gasteiger partial charge on any atom is -0.493 e. The fourth-order valence-electron chi connectivity index (χ4n) is 3.43. The molecule has 3 aromatic carbocycles. The molecule has 0 bridgehead atoms. The Bertz CT molecular complexity index is 1360. The van der Waals surface area contributed by atoms with Gasteiger partial charge in [-0.15, -0.1) is 6.42 Å². The van der Waals surface area contributed by atoms with E-state index in [1.54, 1.807) is 12.0 Å². The number of halogens is 1. The maximum Gasteiger partial charge on any atom is 0.271 e. The number of amides is 1. The number of thioether (sulfide) groups is 1. The predicted octanol–water partition coefficient (Wildman–Crippen LogP) is 6.90. The number of carbonyl (C=O) groups excluding carboxylic acids is 1. The third kappa shape index (κ3) is 5.61. The van der Waals surface area contributed by atoms with Gasteiger partial charge in [0.05, 0.1) is 27.9 Å². The topological polar surface area (TPSA) is 51.1 Å². The van der Waals surface area contributed by atoms with Crippen molar-refractivity contribution in [2.75, 3.05) is 18.6 Å². The Balaban J connectivity index is 1.75. The summed E-state index contributed by atoms with van der Waals surface area (Å²) in [5.41, 5.74) is 4.58. The van der Waals surface area contributed by atoms with E-state index >= 15 is 0 Å². The number of hydrogen-bond acceptors (Lipinski definition) is 5. The second-order valence-corrected chi connectivity index (χ2v) is 9.71. The molecule has 1 amide bonds. The number of methoxy groups -OCH3 is 1. The van der Waals surface area contributed by atoms with Crippen LogP contribution in [0.1, 0.15) is 16.7 Å². The van der Waals surface area contributed by atoms with Crippen LogP contribution in [0.5, 0.6) is 11.5 Å². The summed E-state index contributed by atoms with van der Waals surface area (Å²) in [5, 5.41) is 0.592. The Labute approximate surface area is 218 Å². The van der Waals surface area contributed by atoms with E-state index in [0.29, 0.717) is 26.0 Å². The largest absolute Gasteiger partial charge is 0.493 e. The van der Waals surface area contributed by atoms with Gasteiger partial charge in [0, 0.05) is 0 Å². The smallest absolute Gasteiger partial charge is 0.271 e. The molecular formula is C28H23BrN2O3S. The number of aryl methyl sites for hydroxylation is 2. The van der Waals surface area contributed by atoms with E-state index in [0.717, 1.165) is 28.1 Å². The number of benzene rings is 3. The van der Waals surface area contributed by atoms with Gasteiger partial charge < -0.3 is 9.47 Å². The van der Waals surface area contributed by atoms with E-state index in [1.165, 1.54) is 11.8 Å². The summed E-state index contributed by atoms with van der Waals surface area (Å²) in [7, 11) is 1.56. The van der Waals surface area contributed by atoms with Crippen molar-refractivity contribution in [3.8, 4) is 23.8 Å². The number of hydrogen-bond donors (Lipinski definition) is 0. The molecule has 7 heteroatoms. The molecule has 3 aromatic rings. The molecule has 1 aliphatic rings.